The summed E-state index contributed by atoms with van der Waals surface area (Å²) in [5.74, 6) is 1.34. The number of hydrogen-bond acceptors (Lipinski definition) is 6. The Balaban J connectivity index is 1.64. The first-order valence-corrected chi connectivity index (χ1v) is 9.31. The summed E-state index contributed by atoms with van der Waals surface area (Å²) in [6.45, 7) is 2.44. The molecule has 0 fully saturated rings. The van der Waals surface area contributed by atoms with Gasteiger partial charge in [-0.3, -0.25) is 4.79 Å². The second kappa shape index (κ2) is 9.54. The van der Waals surface area contributed by atoms with E-state index in [0.717, 1.165) is 17.7 Å². The van der Waals surface area contributed by atoms with Crippen molar-refractivity contribution in [2.45, 2.75) is 19.9 Å². The van der Waals surface area contributed by atoms with Gasteiger partial charge in [-0.05, 0) is 47.9 Å². The van der Waals surface area contributed by atoms with Crippen LogP contribution in [0.1, 0.15) is 28.5 Å². The van der Waals surface area contributed by atoms with Crippen molar-refractivity contribution < 1.29 is 14.3 Å². The summed E-state index contributed by atoms with van der Waals surface area (Å²) in [6, 6.07) is 15.1. The van der Waals surface area contributed by atoms with E-state index in [0.29, 0.717) is 24.0 Å². The van der Waals surface area contributed by atoms with Gasteiger partial charge >= 0.3 is 0 Å². The second-order valence-electron chi connectivity index (χ2n) is 6.31. The van der Waals surface area contributed by atoms with Crippen molar-refractivity contribution in [2.24, 2.45) is 0 Å². The van der Waals surface area contributed by atoms with Crippen LogP contribution in [0.15, 0.2) is 54.7 Å². The van der Waals surface area contributed by atoms with Crippen LogP contribution in [-0.4, -0.2) is 30.1 Å². The molecule has 0 aliphatic carbocycles. The van der Waals surface area contributed by atoms with E-state index in [4.69, 9.17) is 9.47 Å². The lowest BCUT2D eigenvalue weighted by Gasteiger charge is -2.11. The molecule has 0 saturated carbocycles. The highest BCUT2D eigenvalue weighted by Crippen LogP contribution is 2.27. The van der Waals surface area contributed by atoms with E-state index in [1.807, 2.05) is 36.4 Å². The Morgan fingerprint density at radius 1 is 0.966 bits per heavy atom. The van der Waals surface area contributed by atoms with Crippen LogP contribution in [0, 0.1) is 0 Å². The van der Waals surface area contributed by atoms with Gasteiger partial charge in [0.15, 0.2) is 11.5 Å². The predicted octanol–water partition coefficient (Wildman–Crippen LogP) is 3.73. The summed E-state index contributed by atoms with van der Waals surface area (Å²) in [5.41, 5.74) is 3.29. The molecule has 2 aromatic carbocycles. The summed E-state index contributed by atoms with van der Waals surface area (Å²) in [5, 5.41) is 5.98. The normalized spacial score (nSPS) is 10.3. The first-order chi connectivity index (χ1) is 14.1. The SMILES string of the molecule is CCc1ccc(Nc2nccc(C(=O)NCc3ccc(OC)c(OC)c3)n2)cc1. The summed E-state index contributed by atoms with van der Waals surface area (Å²) in [7, 11) is 3.16. The van der Waals surface area contributed by atoms with Gasteiger partial charge in [0.1, 0.15) is 5.69 Å². The molecule has 1 aromatic heterocycles. The number of aromatic nitrogens is 2. The largest absolute Gasteiger partial charge is 0.493 e. The molecular formula is C22H24N4O3. The predicted molar refractivity (Wildman–Crippen MR) is 112 cm³/mol. The van der Waals surface area contributed by atoms with Crippen molar-refractivity contribution in [3.05, 3.63) is 71.5 Å². The minimum absolute atomic E-state index is 0.285. The monoisotopic (exact) mass is 392 g/mol. The van der Waals surface area contributed by atoms with Crippen LogP contribution in [0.2, 0.25) is 0 Å². The smallest absolute Gasteiger partial charge is 0.270 e. The fourth-order valence-corrected chi connectivity index (χ4v) is 2.76. The quantitative estimate of drug-likeness (QED) is 0.608. The number of amides is 1. The lowest BCUT2D eigenvalue weighted by atomic mass is 10.1. The van der Waals surface area contributed by atoms with Crippen LogP contribution in [0.5, 0.6) is 11.5 Å². The third kappa shape index (κ3) is 5.22. The number of anilines is 2. The van der Waals surface area contributed by atoms with Crippen LogP contribution < -0.4 is 20.1 Å². The van der Waals surface area contributed by atoms with Crippen molar-refractivity contribution in [1.29, 1.82) is 0 Å². The van der Waals surface area contributed by atoms with Crippen LogP contribution >= 0.6 is 0 Å². The molecule has 3 rings (SSSR count). The molecular weight excluding hydrogens is 368 g/mol. The van der Waals surface area contributed by atoms with Gasteiger partial charge in [-0.25, -0.2) is 9.97 Å². The van der Waals surface area contributed by atoms with Crippen LogP contribution in [0.25, 0.3) is 0 Å². The van der Waals surface area contributed by atoms with Gasteiger partial charge in [0.05, 0.1) is 14.2 Å². The van der Waals surface area contributed by atoms with Crippen molar-refractivity contribution in [1.82, 2.24) is 15.3 Å². The van der Waals surface area contributed by atoms with Crippen molar-refractivity contribution in [3.63, 3.8) is 0 Å². The molecule has 0 radical (unpaired) electrons. The Morgan fingerprint density at radius 3 is 2.38 bits per heavy atom. The third-order valence-electron chi connectivity index (χ3n) is 4.41. The standard InChI is InChI=1S/C22H24N4O3/c1-4-15-5-8-17(9-6-15)25-22-23-12-11-18(26-22)21(27)24-14-16-7-10-19(28-2)20(13-16)29-3/h5-13H,4,14H2,1-3H3,(H,24,27)(H,23,25,26). The number of aryl methyl sites for hydroxylation is 1. The molecule has 3 aromatic rings. The summed E-state index contributed by atoms with van der Waals surface area (Å²) >= 11 is 0. The van der Waals surface area contributed by atoms with E-state index < -0.39 is 0 Å². The Hall–Kier alpha value is -3.61. The molecule has 7 heteroatoms. The number of carbonyl (C=O) groups is 1. The molecule has 150 valence electrons. The maximum atomic E-state index is 12.5. The summed E-state index contributed by atoms with van der Waals surface area (Å²) < 4.78 is 10.5. The summed E-state index contributed by atoms with van der Waals surface area (Å²) in [6.07, 6.45) is 2.54. The number of methoxy groups -OCH3 is 2. The molecule has 7 nitrogen and oxygen atoms in total. The molecule has 0 bridgehead atoms. The number of nitrogens with one attached hydrogen (secondary N) is 2. The van der Waals surface area contributed by atoms with Crippen molar-refractivity contribution in [2.75, 3.05) is 19.5 Å². The van der Waals surface area contributed by atoms with E-state index >= 15 is 0 Å². The third-order valence-corrected chi connectivity index (χ3v) is 4.41. The van der Waals surface area contributed by atoms with Gasteiger partial charge in [-0.2, -0.15) is 0 Å². The zero-order valence-corrected chi connectivity index (χ0v) is 16.7. The van der Waals surface area contributed by atoms with Crippen molar-refractivity contribution >= 4 is 17.5 Å². The topological polar surface area (TPSA) is 85.4 Å². The van der Waals surface area contributed by atoms with Gasteiger partial charge in [0, 0.05) is 18.4 Å². The molecule has 1 heterocycles. The fourth-order valence-electron chi connectivity index (χ4n) is 2.76. The molecule has 2 N–H and O–H groups in total. The van der Waals surface area contributed by atoms with Gasteiger partial charge in [-0.15, -0.1) is 0 Å². The highest BCUT2D eigenvalue weighted by molar-refractivity contribution is 5.92. The number of rotatable bonds is 8. The molecule has 0 unspecified atom stereocenters. The molecule has 0 aliphatic heterocycles. The minimum Gasteiger partial charge on any atom is -0.493 e. The second-order valence-corrected chi connectivity index (χ2v) is 6.31. The molecule has 0 aliphatic rings. The zero-order valence-electron chi connectivity index (χ0n) is 16.7. The minimum atomic E-state index is -0.286. The number of nitrogens with zero attached hydrogens (tertiary/aromatic N) is 2. The van der Waals surface area contributed by atoms with Gasteiger partial charge in [0.2, 0.25) is 5.95 Å². The highest BCUT2D eigenvalue weighted by atomic mass is 16.5. The van der Waals surface area contributed by atoms with Crippen LogP contribution in [-0.2, 0) is 13.0 Å². The number of ether oxygens (including phenoxy) is 2. The number of carbonyl (C=O) groups excluding carboxylic acids is 1. The number of benzene rings is 2. The maximum absolute atomic E-state index is 12.5. The van der Waals surface area contributed by atoms with Gasteiger partial charge in [0.25, 0.3) is 5.91 Å². The Bertz CT molecular complexity index is 974. The number of hydrogen-bond donors (Lipinski definition) is 2. The van der Waals surface area contributed by atoms with Gasteiger partial charge < -0.3 is 20.1 Å². The van der Waals surface area contributed by atoms with Crippen LogP contribution in [0.4, 0.5) is 11.6 Å². The average molecular weight is 392 g/mol. The van der Waals surface area contributed by atoms with E-state index in [2.05, 4.69) is 27.5 Å². The van der Waals surface area contributed by atoms with Gasteiger partial charge in [-0.1, -0.05) is 25.1 Å². The molecule has 0 spiro atoms. The molecule has 0 saturated heterocycles. The lowest BCUT2D eigenvalue weighted by molar-refractivity contribution is 0.0946. The van der Waals surface area contributed by atoms with Crippen LogP contribution in [0.3, 0.4) is 0 Å². The maximum Gasteiger partial charge on any atom is 0.270 e. The summed E-state index contributed by atoms with van der Waals surface area (Å²) in [4.78, 5) is 21.0. The average Bonchev–Trinajstić information content (AvgIpc) is 2.78. The zero-order chi connectivity index (χ0) is 20.6. The van der Waals surface area contributed by atoms with E-state index in [1.54, 1.807) is 32.5 Å². The van der Waals surface area contributed by atoms with E-state index in [1.165, 1.54) is 5.56 Å². The Kier molecular flexibility index (Phi) is 6.63. The van der Waals surface area contributed by atoms with E-state index in [-0.39, 0.29) is 11.6 Å². The first kappa shape index (κ1) is 20.1. The fraction of sp³-hybridized carbons (Fsp3) is 0.227. The highest BCUT2D eigenvalue weighted by Gasteiger charge is 2.10. The molecule has 1 amide bonds. The Morgan fingerprint density at radius 2 is 1.69 bits per heavy atom. The van der Waals surface area contributed by atoms with E-state index in [9.17, 15) is 4.79 Å². The van der Waals surface area contributed by atoms with Crippen molar-refractivity contribution in [3.8, 4) is 11.5 Å². The molecule has 29 heavy (non-hydrogen) atoms. The molecule has 0 atom stereocenters. The first-order valence-electron chi connectivity index (χ1n) is 9.31. The lowest BCUT2D eigenvalue weighted by Crippen LogP contribution is -2.24. The Labute approximate surface area is 170 Å².